The number of hydrogen-bond acceptors (Lipinski definition) is 5. The van der Waals surface area contributed by atoms with Crippen LogP contribution in [0, 0.1) is 5.92 Å². The fourth-order valence-electron chi connectivity index (χ4n) is 2.99. The molecule has 2 aromatic rings. The van der Waals surface area contributed by atoms with E-state index in [4.69, 9.17) is 13.9 Å². The summed E-state index contributed by atoms with van der Waals surface area (Å²) in [7, 11) is 3.12. The molecule has 1 fully saturated rings. The molecule has 134 valence electrons. The van der Waals surface area contributed by atoms with Gasteiger partial charge in [0.15, 0.2) is 11.5 Å². The molecule has 1 heterocycles. The van der Waals surface area contributed by atoms with Gasteiger partial charge in [0.05, 0.1) is 33.4 Å². The van der Waals surface area contributed by atoms with Crippen molar-refractivity contribution in [2.45, 2.75) is 24.9 Å². The number of amides is 1. The lowest BCUT2D eigenvalue weighted by Crippen LogP contribution is -2.42. The summed E-state index contributed by atoms with van der Waals surface area (Å²) in [6, 6.07) is 8.86. The van der Waals surface area contributed by atoms with Gasteiger partial charge < -0.3 is 24.3 Å². The number of methoxy groups -OCH3 is 2. The largest absolute Gasteiger partial charge is 0.493 e. The Bertz CT molecular complexity index is 723. The summed E-state index contributed by atoms with van der Waals surface area (Å²) < 4.78 is 15.8. The average molecular weight is 345 g/mol. The standard InChI is InChI=1S/C19H23NO5/c1-23-15-8-5-13(10-16(15)24-2)11-18(21)20-12-19(22,14-6-7-14)17-4-3-9-25-17/h3-5,8-10,14,22H,6-7,11-12H2,1-2H3,(H,20,21). The van der Waals surface area contributed by atoms with Crippen LogP contribution in [0.3, 0.4) is 0 Å². The molecule has 1 aromatic heterocycles. The maximum atomic E-state index is 12.3. The van der Waals surface area contributed by atoms with Crippen LogP contribution < -0.4 is 14.8 Å². The minimum absolute atomic E-state index is 0.125. The molecule has 2 N–H and O–H groups in total. The summed E-state index contributed by atoms with van der Waals surface area (Å²) in [6.45, 7) is 0.136. The Morgan fingerprint density at radius 1 is 1.28 bits per heavy atom. The summed E-state index contributed by atoms with van der Waals surface area (Å²) in [5, 5.41) is 13.8. The predicted octanol–water partition coefficient (Wildman–Crippen LogP) is 2.25. The lowest BCUT2D eigenvalue weighted by atomic mass is 9.94. The van der Waals surface area contributed by atoms with Crippen LogP contribution in [0.15, 0.2) is 41.0 Å². The van der Waals surface area contributed by atoms with Gasteiger partial charge in [-0.2, -0.15) is 0 Å². The predicted molar refractivity (Wildman–Crippen MR) is 91.6 cm³/mol. The molecule has 1 atom stereocenters. The third-order valence-corrected chi connectivity index (χ3v) is 4.57. The molecule has 0 saturated heterocycles. The number of aliphatic hydroxyl groups is 1. The molecule has 0 bridgehead atoms. The van der Waals surface area contributed by atoms with Gasteiger partial charge in [-0.15, -0.1) is 0 Å². The smallest absolute Gasteiger partial charge is 0.224 e. The van der Waals surface area contributed by atoms with Crippen molar-refractivity contribution >= 4 is 5.91 Å². The Morgan fingerprint density at radius 3 is 2.64 bits per heavy atom. The topological polar surface area (TPSA) is 80.9 Å². The molecular formula is C19H23NO5. The molecule has 25 heavy (non-hydrogen) atoms. The number of furan rings is 1. The highest BCUT2D eigenvalue weighted by atomic mass is 16.5. The van der Waals surface area contributed by atoms with Gasteiger partial charge >= 0.3 is 0 Å². The molecule has 0 spiro atoms. The molecule has 1 aliphatic rings. The van der Waals surface area contributed by atoms with Crippen molar-refractivity contribution in [1.82, 2.24) is 5.32 Å². The molecule has 3 rings (SSSR count). The molecule has 1 aliphatic carbocycles. The van der Waals surface area contributed by atoms with E-state index in [0.717, 1.165) is 18.4 Å². The van der Waals surface area contributed by atoms with Crippen molar-refractivity contribution in [1.29, 1.82) is 0 Å². The fourth-order valence-corrected chi connectivity index (χ4v) is 2.99. The van der Waals surface area contributed by atoms with Gasteiger partial charge in [0.1, 0.15) is 11.4 Å². The number of carbonyl (C=O) groups is 1. The van der Waals surface area contributed by atoms with Crippen molar-refractivity contribution in [2.24, 2.45) is 5.92 Å². The Morgan fingerprint density at radius 2 is 2.04 bits per heavy atom. The van der Waals surface area contributed by atoms with Crippen LogP contribution in [-0.4, -0.2) is 31.8 Å². The second kappa shape index (κ2) is 7.19. The summed E-state index contributed by atoms with van der Waals surface area (Å²) in [6.07, 6.45) is 3.60. The average Bonchev–Trinajstić information content (AvgIpc) is 3.34. The minimum Gasteiger partial charge on any atom is -0.493 e. The van der Waals surface area contributed by atoms with Crippen molar-refractivity contribution in [3.05, 3.63) is 47.9 Å². The number of hydrogen-bond donors (Lipinski definition) is 2. The number of nitrogens with one attached hydrogen (secondary N) is 1. The highest BCUT2D eigenvalue weighted by Gasteiger charge is 2.47. The van der Waals surface area contributed by atoms with Crippen molar-refractivity contribution in [2.75, 3.05) is 20.8 Å². The van der Waals surface area contributed by atoms with Gasteiger partial charge in [0.25, 0.3) is 0 Å². The van der Waals surface area contributed by atoms with E-state index in [1.807, 2.05) is 6.07 Å². The van der Waals surface area contributed by atoms with E-state index in [-0.39, 0.29) is 24.8 Å². The Labute approximate surface area is 146 Å². The zero-order chi connectivity index (χ0) is 17.9. The SMILES string of the molecule is COc1ccc(CC(=O)NCC(O)(c2ccco2)C2CC2)cc1OC. The zero-order valence-electron chi connectivity index (χ0n) is 14.5. The molecule has 1 unspecified atom stereocenters. The molecule has 1 saturated carbocycles. The van der Waals surface area contributed by atoms with Crippen molar-refractivity contribution in [3.8, 4) is 11.5 Å². The van der Waals surface area contributed by atoms with E-state index in [9.17, 15) is 9.90 Å². The number of carbonyl (C=O) groups excluding carboxylic acids is 1. The second-order valence-electron chi connectivity index (χ2n) is 6.32. The Kier molecular flexibility index (Phi) is 4.99. The first kappa shape index (κ1) is 17.4. The van der Waals surface area contributed by atoms with E-state index in [1.54, 1.807) is 38.5 Å². The van der Waals surface area contributed by atoms with Crippen LogP contribution in [0.25, 0.3) is 0 Å². The highest BCUT2D eigenvalue weighted by Crippen LogP contribution is 2.45. The summed E-state index contributed by atoms with van der Waals surface area (Å²) >= 11 is 0. The molecule has 6 heteroatoms. The normalized spacial score (nSPS) is 16.1. The van der Waals surface area contributed by atoms with Gasteiger partial charge in [-0.05, 0) is 48.6 Å². The molecule has 6 nitrogen and oxygen atoms in total. The lowest BCUT2D eigenvalue weighted by Gasteiger charge is -2.26. The van der Waals surface area contributed by atoms with Crippen LogP contribution >= 0.6 is 0 Å². The number of ether oxygens (including phenoxy) is 2. The van der Waals surface area contributed by atoms with Crippen LogP contribution in [0.5, 0.6) is 11.5 Å². The Balaban J connectivity index is 1.63. The summed E-state index contributed by atoms with van der Waals surface area (Å²) in [5.41, 5.74) is -0.334. The minimum atomic E-state index is -1.14. The van der Waals surface area contributed by atoms with E-state index in [2.05, 4.69) is 5.32 Å². The summed E-state index contributed by atoms with van der Waals surface area (Å²) in [5.74, 6) is 1.66. The zero-order valence-corrected chi connectivity index (χ0v) is 14.5. The molecule has 1 amide bonds. The number of rotatable bonds is 8. The van der Waals surface area contributed by atoms with E-state index < -0.39 is 5.60 Å². The Hall–Kier alpha value is -2.47. The van der Waals surface area contributed by atoms with Crippen LogP contribution in [0.1, 0.15) is 24.2 Å². The first-order valence-corrected chi connectivity index (χ1v) is 8.31. The molecule has 0 aliphatic heterocycles. The highest BCUT2D eigenvalue weighted by molar-refractivity contribution is 5.78. The van der Waals surface area contributed by atoms with Gasteiger partial charge in [-0.25, -0.2) is 0 Å². The van der Waals surface area contributed by atoms with Gasteiger partial charge in [0.2, 0.25) is 5.91 Å². The van der Waals surface area contributed by atoms with Crippen LogP contribution in [-0.2, 0) is 16.8 Å². The lowest BCUT2D eigenvalue weighted by molar-refractivity contribution is -0.122. The third-order valence-electron chi connectivity index (χ3n) is 4.57. The first-order chi connectivity index (χ1) is 12.1. The molecular weight excluding hydrogens is 322 g/mol. The maximum absolute atomic E-state index is 12.3. The van der Waals surface area contributed by atoms with Crippen molar-refractivity contribution < 1.29 is 23.8 Å². The summed E-state index contributed by atoms with van der Waals surface area (Å²) in [4.78, 5) is 12.3. The quantitative estimate of drug-likeness (QED) is 0.767. The van der Waals surface area contributed by atoms with E-state index in [0.29, 0.717) is 17.3 Å². The molecule has 0 radical (unpaired) electrons. The second-order valence-corrected chi connectivity index (χ2v) is 6.32. The molecule has 1 aromatic carbocycles. The monoisotopic (exact) mass is 345 g/mol. The van der Waals surface area contributed by atoms with Gasteiger partial charge in [-0.1, -0.05) is 6.07 Å². The van der Waals surface area contributed by atoms with Crippen LogP contribution in [0.2, 0.25) is 0 Å². The van der Waals surface area contributed by atoms with E-state index in [1.165, 1.54) is 6.26 Å². The maximum Gasteiger partial charge on any atom is 0.224 e. The first-order valence-electron chi connectivity index (χ1n) is 8.31. The van der Waals surface area contributed by atoms with Gasteiger partial charge in [0, 0.05) is 0 Å². The number of benzene rings is 1. The van der Waals surface area contributed by atoms with Gasteiger partial charge in [-0.3, -0.25) is 4.79 Å². The fraction of sp³-hybridized carbons (Fsp3) is 0.421. The van der Waals surface area contributed by atoms with Crippen LogP contribution in [0.4, 0.5) is 0 Å². The third kappa shape index (κ3) is 3.79. The van der Waals surface area contributed by atoms with Crippen molar-refractivity contribution in [3.63, 3.8) is 0 Å². The van der Waals surface area contributed by atoms with E-state index >= 15 is 0 Å².